The van der Waals surface area contributed by atoms with E-state index in [2.05, 4.69) is 29.4 Å². The predicted molar refractivity (Wildman–Crippen MR) is 77.7 cm³/mol. The maximum Gasteiger partial charge on any atom is 0.134 e. The first-order valence-electron chi connectivity index (χ1n) is 6.65. The van der Waals surface area contributed by atoms with Gasteiger partial charge in [-0.05, 0) is 17.9 Å². The van der Waals surface area contributed by atoms with Gasteiger partial charge in [0.1, 0.15) is 5.82 Å². The zero-order chi connectivity index (χ0) is 12.8. The van der Waals surface area contributed by atoms with Gasteiger partial charge in [0.05, 0.1) is 0 Å². The van der Waals surface area contributed by atoms with Crippen LogP contribution in [-0.2, 0) is 0 Å². The molecule has 2 rings (SSSR count). The zero-order valence-corrected chi connectivity index (χ0v) is 10.9. The van der Waals surface area contributed by atoms with Crippen LogP contribution in [0.3, 0.4) is 0 Å². The number of hydrogen-bond acceptors (Lipinski definition) is 3. The Hall–Kier alpha value is -1.61. The Kier molecular flexibility index (Phi) is 4.53. The molecule has 0 saturated carbocycles. The van der Waals surface area contributed by atoms with Crippen molar-refractivity contribution >= 4 is 16.6 Å². The average molecular weight is 243 g/mol. The summed E-state index contributed by atoms with van der Waals surface area (Å²) in [4.78, 5) is 4.44. The topological polar surface area (TPSA) is 50.9 Å². The molecular formula is C15H21N3. The lowest BCUT2D eigenvalue weighted by Crippen LogP contribution is -2.29. The van der Waals surface area contributed by atoms with Gasteiger partial charge in [-0.15, -0.1) is 0 Å². The third-order valence-corrected chi connectivity index (χ3v) is 3.21. The summed E-state index contributed by atoms with van der Waals surface area (Å²) in [6, 6.07) is 10.6. The molecule has 96 valence electrons. The smallest absolute Gasteiger partial charge is 0.134 e. The third kappa shape index (κ3) is 2.99. The summed E-state index contributed by atoms with van der Waals surface area (Å²) in [6.45, 7) is 2.84. The third-order valence-electron chi connectivity index (χ3n) is 3.21. The van der Waals surface area contributed by atoms with Crippen molar-refractivity contribution < 1.29 is 0 Å². The lowest BCUT2D eigenvalue weighted by Gasteiger charge is -2.18. The number of rotatable bonds is 6. The Morgan fingerprint density at radius 1 is 1.28 bits per heavy atom. The van der Waals surface area contributed by atoms with Crippen LogP contribution in [0.2, 0.25) is 0 Å². The van der Waals surface area contributed by atoms with Gasteiger partial charge < -0.3 is 11.1 Å². The van der Waals surface area contributed by atoms with E-state index in [1.54, 1.807) is 0 Å². The largest absolute Gasteiger partial charge is 0.366 e. The van der Waals surface area contributed by atoms with Crippen molar-refractivity contribution in [2.45, 2.75) is 32.2 Å². The Morgan fingerprint density at radius 3 is 2.89 bits per heavy atom. The molecule has 3 N–H and O–H groups in total. The van der Waals surface area contributed by atoms with E-state index in [4.69, 9.17) is 5.73 Å². The van der Waals surface area contributed by atoms with Crippen LogP contribution in [0.1, 0.15) is 26.2 Å². The Morgan fingerprint density at radius 2 is 2.11 bits per heavy atom. The fourth-order valence-corrected chi connectivity index (χ4v) is 2.13. The van der Waals surface area contributed by atoms with E-state index in [0.29, 0.717) is 12.6 Å². The number of benzene rings is 1. The van der Waals surface area contributed by atoms with E-state index in [9.17, 15) is 0 Å². The molecule has 1 aromatic heterocycles. The highest BCUT2D eigenvalue weighted by atomic mass is 15.0. The Balaban J connectivity index is 2.19. The number of nitrogens with one attached hydrogen (secondary N) is 1. The Labute approximate surface area is 108 Å². The molecule has 1 aromatic carbocycles. The van der Waals surface area contributed by atoms with Gasteiger partial charge in [0, 0.05) is 24.2 Å². The molecule has 0 aliphatic rings. The van der Waals surface area contributed by atoms with Crippen molar-refractivity contribution in [3.05, 3.63) is 36.5 Å². The van der Waals surface area contributed by atoms with Crippen LogP contribution >= 0.6 is 0 Å². The van der Waals surface area contributed by atoms with Crippen molar-refractivity contribution in [1.29, 1.82) is 0 Å². The fraction of sp³-hybridized carbons (Fsp3) is 0.400. The van der Waals surface area contributed by atoms with Crippen LogP contribution in [0.5, 0.6) is 0 Å². The number of aromatic nitrogens is 1. The molecule has 0 amide bonds. The molecule has 3 heteroatoms. The van der Waals surface area contributed by atoms with Gasteiger partial charge in [0.2, 0.25) is 0 Å². The van der Waals surface area contributed by atoms with Gasteiger partial charge in [-0.25, -0.2) is 4.98 Å². The number of nitrogens with two attached hydrogens (primary N) is 1. The molecule has 0 fully saturated rings. The zero-order valence-electron chi connectivity index (χ0n) is 10.9. The normalized spacial score (nSPS) is 12.6. The van der Waals surface area contributed by atoms with Crippen LogP contribution in [-0.4, -0.2) is 17.6 Å². The maximum atomic E-state index is 5.82. The summed E-state index contributed by atoms with van der Waals surface area (Å²) in [5.41, 5.74) is 5.82. The predicted octanol–water partition coefficient (Wildman–Crippen LogP) is 3.16. The minimum atomic E-state index is 0.309. The number of pyridine rings is 1. The highest BCUT2D eigenvalue weighted by molar-refractivity contribution is 5.91. The molecule has 0 saturated heterocycles. The van der Waals surface area contributed by atoms with Crippen LogP contribution in [0.25, 0.3) is 10.8 Å². The summed E-state index contributed by atoms with van der Waals surface area (Å²) in [5, 5.41) is 5.84. The minimum absolute atomic E-state index is 0.309. The van der Waals surface area contributed by atoms with Gasteiger partial charge in [0.15, 0.2) is 0 Å². The lowest BCUT2D eigenvalue weighted by atomic mass is 10.1. The van der Waals surface area contributed by atoms with Crippen molar-refractivity contribution in [3.8, 4) is 0 Å². The van der Waals surface area contributed by atoms with Crippen LogP contribution in [0.15, 0.2) is 36.5 Å². The molecule has 1 unspecified atom stereocenters. The number of unbranched alkanes of at least 4 members (excludes halogenated alkanes) is 1. The van der Waals surface area contributed by atoms with Crippen molar-refractivity contribution in [3.63, 3.8) is 0 Å². The second-order valence-corrected chi connectivity index (χ2v) is 4.60. The standard InChI is InChI=1S/C15H21N3/c1-2-3-7-13(11-16)18-15-14-8-5-4-6-12(14)9-10-17-15/h4-6,8-10,13H,2-3,7,11,16H2,1H3,(H,17,18). The van der Waals surface area contributed by atoms with Crippen LogP contribution in [0.4, 0.5) is 5.82 Å². The molecule has 0 aliphatic carbocycles. The molecular weight excluding hydrogens is 222 g/mol. The van der Waals surface area contributed by atoms with E-state index in [-0.39, 0.29) is 0 Å². The Bertz CT molecular complexity index is 491. The van der Waals surface area contributed by atoms with Crippen molar-refractivity contribution in [1.82, 2.24) is 4.98 Å². The second-order valence-electron chi connectivity index (χ2n) is 4.60. The first-order valence-corrected chi connectivity index (χ1v) is 6.65. The minimum Gasteiger partial charge on any atom is -0.366 e. The molecule has 1 heterocycles. The average Bonchev–Trinajstić information content (AvgIpc) is 2.43. The molecule has 3 nitrogen and oxygen atoms in total. The fourth-order valence-electron chi connectivity index (χ4n) is 2.13. The number of anilines is 1. The molecule has 1 atom stereocenters. The first-order chi connectivity index (χ1) is 8.85. The van der Waals surface area contributed by atoms with Crippen molar-refractivity contribution in [2.75, 3.05) is 11.9 Å². The van der Waals surface area contributed by atoms with E-state index in [1.807, 2.05) is 24.4 Å². The van der Waals surface area contributed by atoms with Gasteiger partial charge in [-0.2, -0.15) is 0 Å². The molecule has 0 bridgehead atoms. The summed E-state index contributed by atoms with van der Waals surface area (Å²) in [7, 11) is 0. The van der Waals surface area contributed by atoms with E-state index in [0.717, 1.165) is 17.6 Å². The summed E-state index contributed by atoms with van der Waals surface area (Å²) < 4.78 is 0. The van der Waals surface area contributed by atoms with Crippen LogP contribution < -0.4 is 11.1 Å². The first kappa shape index (κ1) is 12.8. The SMILES string of the molecule is CCCCC(CN)Nc1nccc2ccccc12. The highest BCUT2D eigenvalue weighted by Crippen LogP contribution is 2.21. The molecule has 2 aromatic rings. The van der Waals surface area contributed by atoms with Crippen molar-refractivity contribution in [2.24, 2.45) is 5.73 Å². The van der Waals surface area contributed by atoms with Crippen LogP contribution in [0, 0.1) is 0 Å². The second kappa shape index (κ2) is 6.36. The van der Waals surface area contributed by atoms with E-state index >= 15 is 0 Å². The van der Waals surface area contributed by atoms with Gasteiger partial charge in [-0.1, -0.05) is 44.0 Å². The molecule has 0 spiro atoms. The molecule has 0 radical (unpaired) electrons. The number of nitrogens with zero attached hydrogens (tertiary/aromatic N) is 1. The molecule has 0 aliphatic heterocycles. The quantitative estimate of drug-likeness (QED) is 0.819. The maximum absolute atomic E-state index is 5.82. The summed E-state index contributed by atoms with van der Waals surface area (Å²) >= 11 is 0. The summed E-state index contributed by atoms with van der Waals surface area (Å²) in [5.74, 6) is 0.944. The monoisotopic (exact) mass is 243 g/mol. The molecule has 18 heavy (non-hydrogen) atoms. The van der Waals surface area contributed by atoms with Gasteiger partial charge >= 0.3 is 0 Å². The van der Waals surface area contributed by atoms with E-state index < -0.39 is 0 Å². The lowest BCUT2D eigenvalue weighted by molar-refractivity contribution is 0.613. The number of fused-ring (bicyclic) bond motifs is 1. The highest BCUT2D eigenvalue weighted by Gasteiger charge is 2.08. The van der Waals surface area contributed by atoms with E-state index in [1.165, 1.54) is 18.2 Å². The number of hydrogen-bond donors (Lipinski definition) is 2. The van der Waals surface area contributed by atoms with Gasteiger partial charge in [-0.3, -0.25) is 0 Å². The summed E-state index contributed by atoms with van der Waals surface area (Å²) in [6.07, 6.45) is 5.33. The van der Waals surface area contributed by atoms with Gasteiger partial charge in [0.25, 0.3) is 0 Å².